The van der Waals surface area contributed by atoms with E-state index in [1.807, 2.05) is 54.6 Å². The molecule has 0 spiro atoms. The van der Waals surface area contributed by atoms with Crippen LogP contribution in [0.25, 0.3) is 10.8 Å². The molecule has 0 saturated heterocycles. The number of ether oxygens (including phenoxy) is 2. The summed E-state index contributed by atoms with van der Waals surface area (Å²) in [4.78, 5) is 11.4. The lowest BCUT2D eigenvalue weighted by Gasteiger charge is -2.12. The third-order valence-corrected chi connectivity index (χ3v) is 3.19. The molecule has 0 aliphatic carbocycles. The Bertz CT molecular complexity index is 822. The predicted octanol–water partition coefficient (Wildman–Crippen LogP) is 4.72. The number of rotatable bonds is 4. The summed E-state index contributed by atoms with van der Waals surface area (Å²) >= 11 is 0. The van der Waals surface area contributed by atoms with Gasteiger partial charge in [0.15, 0.2) is 0 Å². The fourth-order valence-electron chi connectivity index (χ4n) is 2.19. The number of esters is 1. The standard InChI is InChI=1S/C19H14O3/c1-2-19(20)22-18-13-12-17(15-10-6-7-11-16(15)18)21-14-8-4-3-5-9-14/h2-13H,1H2. The highest BCUT2D eigenvalue weighted by Gasteiger charge is 2.10. The molecular formula is C19H14O3. The molecule has 3 aromatic carbocycles. The van der Waals surface area contributed by atoms with Gasteiger partial charge in [0.05, 0.1) is 0 Å². The second-order valence-electron chi connectivity index (χ2n) is 4.65. The molecule has 0 fully saturated rings. The molecule has 0 aromatic heterocycles. The minimum Gasteiger partial charge on any atom is -0.457 e. The van der Waals surface area contributed by atoms with Gasteiger partial charge in [-0.05, 0) is 24.3 Å². The maximum Gasteiger partial charge on any atom is 0.335 e. The molecule has 0 heterocycles. The Hall–Kier alpha value is -3.07. The molecule has 3 aromatic rings. The van der Waals surface area contributed by atoms with Crippen LogP contribution in [0.4, 0.5) is 0 Å². The number of fused-ring (bicyclic) bond motifs is 1. The van der Waals surface area contributed by atoms with Gasteiger partial charge in [0.2, 0.25) is 0 Å². The number of hydrogen-bond acceptors (Lipinski definition) is 3. The third kappa shape index (κ3) is 2.83. The molecule has 0 aliphatic rings. The third-order valence-electron chi connectivity index (χ3n) is 3.19. The van der Waals surface area contributed by atoms with Crippen molar-refractivity contribution in [3.05, 3.63) is 79.4 Å². The molecule has 0 unspecified atom stereocenters. The zero-order valence-electron chi connectivity index (χ0n) is 11.9. The molecule has 3 rings (SSSR count). The molecule has 0 bridgehead atoms. The van der Waals surface area contributed by atoms with Crippen LogP contribution in [0.3, 0.4) is 0 Å². The summed E-state index contributed by atoms with van der Waals surface area (Å²) in [6.07, 6.45) is 1.14. The SMILES string of the molecule is C=CC(=O)Oc1ccc(Oc2ccccc2)c2ccccc12. The molecule has 3 nitrogen and oxygen atoms in total. The van der Waals surface area contributed by atoms with Gasteiger partial charge in [0.1, 0.15) is 17.2 Å². The summed E-state index contributed by atoms with van der Waals surface area (Å²) in [7, 11) is 0. The summed E-state index contributed by atoms with van der Waals surface area (Å²) in [6, 6.07) is 20.7. The van der Waals surface area contributed by atoms with E-state index >= 15 is 0 Å². The minimum absolute atomic E-state index is 0.484. The maximum absolute atomic E-state index is 11.4. The summed E-state index contributed by atoms with van der Waals surface area (Å²) in [5.41, 5.74) is 0. The van der Waals surface area contributed by atoms with Crippen LogP contribution in [-0.2, 0) is 4.79 Å². The zero-order chi connectivity index (χ0) is 15.4. The maximum atomic E-state index is 11.4. The van der Waals surface area contributed by atoms with Crippen molar-refractivity contribution >= 4 is 16.7 Å². The van der Waals surface area contributed by atoms with Crippen molar-refractivity contribution < 1.29 is 14.3 Å². The van der Waals surface area contributed by atoms with Gasteiger partial charge >= 0.3 is 5.97 Å². The van der Waals surface area contributed by atoms with Crippen molar-refractivity contribution in [3.8, 4) is 17.2 Å². The van der Waals surface area contributed by atoms with Gasteiger partial charge in [-0.3, -0.25) is 0 Å². The zero-order valence-corrected chi connectivity index (χ0v) is 11.9. The first-order valence-electron chi connectivity index (χ1n) is 6.87. The lowest BCUT2D eigenvalue weighted by Crippen LogP contribution is -2.03. The first kappa shape index (κ1) is 13.9. The lowest BCUT2D eigenvalue weighted by molar-refractivity contribution is -0.128. The van der Waals surface area contributed by atoms with Crippen LogP contribution in [0.1, 0.15) is 0 Å². The van der Waals surface area contributed by atoms with E-state index in [1.54, 1.807) is 12.1 Å². The van der Waals surface area contributed by atoms with E-state index in [-0.39, 0.29) is 0 Å². The van der Waals surface area contributed by atoms with Crippen LogP contribution in [0, 0.1) is 0 Å². The number of benzene rings is 3. The Morgan fingerprint density at radius 1 is 0.818 bits per heavy atom. The summed E-state index contributed by atoms with van der Waals surface area (Å²) in [6.45, 7) is 3.41. The summed E-state index contributed by atoms with van der Waals surface area (Å²) in [5, 5.41) is 1.69. The van der Waals surface area contributed by atoms with Crippen LogP contribution in [-0.4, -0.2) is 5.97 Å². The van der Waals surface area contributed by atoms with Crippen LogP contribution in [0.2, 0.25) is 0 Å². The fourth-order valence-corrected chi connectivity index (χ4v) is 2.19. The molecule has 3 heteroatoms. The molecule has 0 atom stereocenters. The molecule has 108 valence electrons. The Morgan fingerprint density at radius 3 is 2.09 bits per heavy atom. The second kappa shape index (κ2) is 6.14. The van der Waals surface area contributed by atoms with Gasteiger partial charge in [0.25, 0.3) is 0 Å². The fraction of sp³-hybridized carbons (Fsp3) is 0. The number of carbonyl (C=O) groups is 1. The Balaban J connectivity index is 2.04. The van der Waals surface area contributed by atoms with Gasteiger partial charge in [-0.15, -0.1) is 0 Å². The molecule has 0 saturated carbocycles. The normalized spacial score (nSPS) is 10.2. The number of hydrogen-bond donors (Lipinski definition) is 0. The van der Waals surface area contributed by atoms with Gasteiger partial charge in [-0.25, -0.2) is 4.79 Å². The van der Waals surface area contributed by atoms with Crippen LogP contribution in [0.5, 0.6) is 17.2 Å². The average Bonchev–Trinajstić information content (AvgIpc) is 2.58. The predicted molar refractivity (Wildman–Crippen MR) is 86.3 cm³/mol. The lowest BCUT2D eigenvalue weighted by atomic mass is 10.1. The molecule has 0 aliphatic heterocycles. The van der Waals surface area contributed by atoms with Crippen molar-refractivity contribution in [1.82, 2.24) is 0 Å². The van der Waals surface area contributed by atoms with E-state index in [9.17, 15) is 4.79 Å². The Morgan fingerprint density at radius 2 is 1.41 bits per heavy atom. The van der Waals surface area contributed by atoms with Crippen molar-refractivity contribution in [1.29, 1.82) is 0 Å². The quantitative estimate of drug-likeness (QED) is 0.396. The summed E-state index contributed by atoms with van der Waals surface area (Å²) < 4.78 is 11.2. The second-order valence-corrected chi connectivity index (χ2v) is 4.65. The van der Waals surface area contributed by atoms with E-state index in [0.717, 1.165) is 22.6 Å². The highest BCUT2D eigenvalue weighted by molar-refractivity contribution is 5.96. The largest absolute Gasteiger partial charge is 0.457 e. The number of carbonyl (C=O) groups excluding carboxylic acids is 1. The minimum atomic E-state index is -0.484. The van der Waals surface area contributed by atoms with Gasteiger partial charge in [0, 0.05) is 16.8 Å². The molecule has 0 N–H and O–H groups in total. The van der Waals surface area contributed by atoms with Crippen LogP contribution < -0.4 is 9.47 Å². The van der Waals surface area contributed by atoms with Crippen LogP contribution >= 0.6 is 0 Å². The highest BCUT2D eigenvalue weighted by Crippen LogP contribution is 2.35. The van der Waals surface area contributed by atoms with Crippen molar-refractivity contribution in [2.24, 2.45) is 0 Å². The smallest absolute Gasteiger partial charge is 0.335 e. The first-order chi connectivity index (χ1) is 10.8. The van der Waals surface area contributed by atoms with Crippen molar-refractivity contribution in [2.45, 2.75) is 0 Å². The summed E-state index contributed by atoms with van der Waals surface area (Å²) in [5.74, 6) is 1.46. The van der Waals surface area contributed by atoms with Crippen molar-refractivity contribution in [3.63, 3.8) is 0 Å². The average molecular weight is 290 g/mol. The molecular weight excluding hydrogens is 276 g/mol. The topological polar surface area (TPSA) is 35.5 Å². The number of para-hydroxylation sites is 1. The van der Waals surface area contributed by atoms with Crippen molar-refractivity contribution in [2.75, 3.05) is 0 Å². The van der Waals surface area contributed by atoms with E-state index in [4.69, 9.17) is 9.47 Å². The monoisotopic (exact) mass is 290 g/mol. The van der Waals surface area contributed by atoms with E-state index in [2.05, 4.69) is 6.58 Å². The van der Waals surface area contributed by atoms with E-state index < -0.39 is 5.97 Å². The molecule has 0 radical (unpaired) electrons. The Labute approximate surface area is 128 Å². The van der Waals surface area contributed by atoms with Gasteiger partial charge < -0.3 is 9.47 Å². The van der Waals surface area contributed by atoms with Gasteiger partial charge in [-0.1, -0.05) is 49.0 Å². The molecule has 0 amide bonds. The first-order valence-corrected chi connectivity index (χ1v) is 6.87. The van der Waals surface area contributed by atoms with E-state index in [0.29, 0.717) is 11.5 Å². The van der Waals surface area contributed by atoms with Crippen LogP contribution in [0.15, 0.2) is 79.4 Å². The Kier molecular flexibility index (Phi) is 3.88. The highest BCUT2D eigenvalue weighted by atomic mass is 16.5. The van der Waals surface area contributed by atoms with Gasteiger partial charge in [-0.2, -0.15) is 0 Å². The van der Waals surface area contributed by atoms with E-state index in [1.165, 1.54) is 0 Å². The molecule has 22 heavy (non-hydrogen) atoms.